The third-order valence-electron chi connectivity index (χ3n) is 4.34. The van der Waals surface area contributed by atoms with E-state index < -0.39 is 0 Å². The fraction of sp³-hybridized carbons (Fsp3) is 0.438. The second-order valence-electron chi connectivity index (χ2n) is 5.73. The average molecular weight is 299 g/mol. The average Bonchev–Trinajstić information content (AvgIpc) is 3.10. The van der Waals surface area contributed by atoms with Gasteiger partial charge in [0.1, 0.15) is 0 Å². The molecule has 22 heavy (non-hydrogen) atoms. The molecule has 1 aromatic heterocycles. The third kappa shape index (κ3) is 3.33. The molecular formula is C16H21N5O. The summed E-state index contributed by atoms with van der Waals surface area (Å²) in [6.07, 6.45) is 3.36. The van der Waals surface area contributed by atoms with Crippen molar-refractivity contribution in [1.29, 1.82) is 0 Å². The van der Waals surface area contributed by atoms with Crippen molar-refractivity contribution in [3.8, 4) is 0 Å². The molecule has 2 aromatic rings. The Morgan fingerprint density at radius 1 is 1.32 bits per heavy atom. The summed E-state index contributed by atoms with van der Waals surface area (Å²) in [4.78, 5) is 14.4. The lowest BCUT2D eigenvalue weighted by molar-refractivity contribution is 0.0891. The van der Waals surface area contributed by atoms with E-state index in [2.05, 4.69) is 56.8 Å². The number of nitrogens with one attached hydrogen (secondary N) is 2. The Kier molecular flexibility index (Phi) is 4.48. The van der Waals surface area contributed by atoms with E-state index in [1.54, 1.807) is 0 Å². The van der Waals surface area contributed by atoms with E-state index in [-0.39, 0.29) is 11.9 Å². The minimum Gasteiger partial charge on any atom is -0.348 e. The smallest absolute Gasteiger partial charge is 0.273 e. The molecule has 0 saturated carbocycles. The van der Waals surface area contributed by atoms with Gasteiger partial charge in [-0.1, -0.05) is 30.3 Å². The topological polar surface area (TPSA) is 73.9 Å². The number of likely N-dealkylation sites (tertiary alicyclic amines) is 1. The number of nitrogens with zero attached hydrogens (tertiary/aromatic N) is 3. The van der Waals surface area contributed by atoms with Crippen LogP contribution in [0.15, 0.2) is 36.5 Å². The van der Waals surface area contributed by atoms with Crippen LogP contribution in [0.5, 0.6) is 0 Å². The molecule has 2 heterocycles. The molecular weight excluding hydrogens is 278 g/mol. The Labute approximate surface area is 129 Å². The lowest BCUT2D eigenvalue weighted by Gasteiger charge is -2.36. The summed E-state index contributed by atoms with van der Waals surface area (Å²) in [7, 11) is 0. The highest BCUT2D eigenvalue weighted by atomic mass is 16.2. The van der Waals surface area contributed by atoms with Crippen LogP contribution in [0.2, 0.25) is 0 Å². The summed E-state index contributed by atoms with van der Waals surface area (Å²) >= 11 is 0. The molecule has 1 aromatic carbocycles. The van der Waals surface area contributed by atoms with Gasteiger partial charge in [-0.3, -0.25) is 9.69 Å². The highest BCUT2D eigenvalue weighted by Gasteiger charge is 2.25. The summed E-state index contributed by atoms with van der Waals surface area (Å²) in [6.45, 7) is 4.21. The van der Waals surface area contributed by atoms with Crippen molar-refractivity contribution in [2.24, 2.45) is 0 Å². The molecule has 3 rings (SSSR count). The first-order valence-electron chi connectivity index (χ1n) is 7.69. The molecule has 0 spiro atoms. The van der Waals surface area contributed by atoms with Gasteiger partial charge in [0.15, 0.2) is 5.69 Å². The minimum absolute atomic E-state index is 0.150. The summed E-state index contributed by atoms with van der Waals surface area (Å²) in [5.41, 5.74) is 1.69. The molecule has 0 unspecified atom stereocenters. The maximum atomic E-state index is 12.0. The van der Waals surface area contributed by atoms with Crippen LogP contribution in [0.1, 0.15) is 41.9 Å². The van der Waals surface area contributed by atoms with E-state index in [1.165, 1.54) is 11.8 Å². The third-order valence-corrected chi connectivity index (χ3v) is 4.34. The lowest BCUT2D eigenvalue weighted by Crippen LogP contribution is -2.45. The quantitative estimate of drug-likeness (QED) is 0.902. The zero-order valence-corrected chi connectivity index (χ0v) is 12.7. The maximum absolute atomic E-state index is 12.0. The van der Waals surface area contributed by atoms with Crippen LogP contribution >= 0.6 is 0 Å². The molecule has 1 atom stereocenters. The van der Waals surface area contributed by atoms with Gasteiger partial charge in [0.05, 0.1) is 6.20 Å². The molecule has 1 amide bonds. The number of carbonyl (C=O) groups is 1. The summed E-state index contributed by atoms with van der Waals surface area (Å²) in [5, 5.41) is 13.0. The zero-order chi connectivity index (χ0) is 15.4. The lowest BCUT2D eigenvalue weighted by atomic mass is 10.00. The van der Waals surface area contributed by atoms with Crippen LogP contribution in [0.4, 0.5) is 0 Å². The van der Waals surface area contributed by atoms with Crippen LogP contribution < -0.4 is 5.32 Å². The highest BCUT2D eigenvalue weighted by Crippen LogP contribution is 2.24. The fourth-order valence-corrected chi connectivity index (χ4v) is 2.94. The van der Waals surface area contributed by atoms with E-state index >= 15 is 0 Å². The molecule has 6 heteroatoms. The number of H-pyrrole nitrogens is 1. The van der Waals surface area contributed by atoms with Gasteiger partial charge in [0.25, 0.3) is 5.91 Å². The first-order valence-corrected chi connectivity index (χ1v) is 7.69. The largest absolute Gasteiger partial charge is 0.348 e. The normalized spacial score (nSPS) is 18.0. The second-order valence-corrected chi connectivity index (χ2v) is 5.73. The van der Waals surface area contributed by atoms with Gasteiger partial charge in [0, 0.05) is 25.2 Å². The predicted molar refractivity (Wildman–Crippen MR) is 83.3 cm³/mol. The van der Waals surface area contributed by atoms with E-state index in [9.17, 15) is 4.79 Å². The van der Waals surface area contributed by atoms with Gasteiger partial charge < -0.3 is 5.32 Å². The van der Waals surface area contributed by atoms with E-state index in [0.717, 1.165) is 25.9 Å². The fourth-order valence-electron chi connectivity index (χ4n) is 2.94. The van der Waals surface area contributed by atoms with Crippen LogP contribution in [0, 0.1) is 0 Å². The molecule has 0 aliphatic carbocycles. The first kappa shape index (κ1) is 14.7. The Bertz CT molecular complexity index is 590. The highest BCUT2D eigenvalue weighted by molar-refractivity contribution is 5.91. The van der Waals surface area contributed by atoms with Crippen molar-refractivity contribution < 1.29 is 4.79 Å². The van der Waals surface area contributed by atoms with Crippen molar-refractivity contribution in [3.05, 3.63) is 47.8 Å². The number of carbonyl (C=O) groups excluding carboxylic acids is 1. The number of benzene rings is 1. The number of piperidine rings is 1. The zero-order valence-electron chi connectivity index (χ0n) is 12.7. The molecule has 0 radical (unpaired) electrons. The number of rotatable bonds is 4. The number of aromatic nitrogens is 3. The van der Waals surface area contributed by atoms with Crippen molar-refractivity contribution in [3.63, 3.8) is 0 Å². The van der Waals surface area contributed by atoms with Crippen molar-refractivity contribution in [2.45, 2.75) is 31.8 Å². The van der Waals surface area contributed by atoms with Gasteiger partial charge in [-0.05, 0) is 25.3 Å². The Morgan fingerprint density at radius 3 is 2.68 bits per heavy atom. The first-order chi connectivity index (χ1) is 10.7. The summed E-state index contributed by atoms with van der Waals surface area (Å²) in [6, 6.07) is 11.2. The number of hydrogen-bond acceptors (Lipinski definition) is 4. The molecule has 116 valence electrons. The van der Waals surface area contributed by atoms with Gasteiger partial charge in [-0.25, -0.2) is 0 Å². The van der Waals surface area contributed by atoms with E-state index in [4.69, 9.17) is 0 Å². The van der Waals surface area contributed by atoms with E-state index in [0.29, 0.717) is 11.7 Å². The minimum atomic E-state index is -0.150. The van der Waals surface area contributed by atoms with Gasteiger partial charge in [-0.2, -0.15) is 15.4 Å². The van der Waals surface area contributed by atoms with Gasteiger partial charge in [0.2, 0.25) is 0 Å². The molecule has 1 fully saturated rings. The van der Waals surface area contributed by atoms with Crippen LogP contribution in [-0.2, 0) is 0 Å². The summed E-state index contributed by atoms with van der Waals surface area (Å²) in [5.74, 6) is -0.150. The van der Waals surface area contributed by atoms with Crippen molar-refractivity contribution in [2.75, 3.05) is 13.1 Å². The maximum Gasteiger partial charge on any atom is 0.273 e. The SMILES string of the molecule is C[C@@H](c1ccccc1)N1CCC(NC(=O)c2cn[nH]n2)CC1. The molecule has 1 saturated heterocycles. The van der Waals surface area contributed by atoms with Crippen molar-refractivity contribution >= 4 is 5.91 Å². The van der Waals surface area contributed by atoms with Crippen LogP contribution in [0.3, 0.4) is 0 Å². The Morgan fingerprint density at radius 2 is 2.05 bits per heavy atom. The van der Waals surface area contributed by atoms with E-state index in [1.807, 2.05) is 6.07 Å². The number of hydrogen-bond donors (Lipinski definition) is 2. The number of aromatic amines is 1. The monoisotopic (exact) mass is 299 g/mol. The molecule has 0 bridgehead atoms. The Hall–Kier alpha value is -2.21. The standard InChI is InChI=1S/C16H21N5O/c1-12(13-5-3-2-4-6-13)21-9-7-14(8-10-21)18-16(22)15-11-17-20-19-15/h2-6,11-12,14H,7-10H2,1H3,(H,18,22)(H,17,19,20)/t12-/m0/s1. The predicted octanol–water partition coefficient (Wildman–Crippen LogP) is 1.76. The van der Waals surface area contributed by atoms with Crippen LogP contribution in [0.25, 0.3) is 0 Å². The van der Waals surface area contributed by atoms with Gasteiger partial charge >= 0.3 is 0 Å². The Balaban J connectivity index is 1.51. The van der Waals surface area contributed by atoms with Gasteiger partial charge in [-0.15, -0.1) is 0 Å². The molecule has 2 N–H and O–H groups in total. The second kappa shape index (κ2) is 6.70. The van der Waals surface area contributed by atoms with Crippen molar-refractivity contribution in [1.82, 2.24) is 25.6 Å². The molecule has 1 aliphatic rings. The summed E-state index contributed by atoms with van der Waals surface area (Å²) < 4.78 is 0. The van der Waals surface area contributed by atoms with Crippen LogP contribution in [-0.4, -0.2) is 45.3 Å². The molecule has 1 aliphatic heterocycles. The number of amides is 1. The molecule has 6 nitrogen and oxygen atoms in total.